The fourth-order valence-corrected chi connectivity index (χ4v) is 1.71. The van der Waals surface area contributed by atoms with Crippen molar-refractivity contribution in [3.8, 4) is 0 Å². The van der Waals surface area contributed by atoms with E-state index in [1.54, 1.807) is 31.2 Å². The molecular weight excluding hydrogens is 226 g/mol. The zero-order chi connectivity index (χ0) is 12.2. The molecule has 86 valence electrons. The maximum absolute atomic E-state index is 11.2. The second kappa shape index (κ2) is 4.94. The average Bonchev–Trinajstić information content (AvgIpc) is 2.28. The van der Waals surface area contributed by atoms with E-state index in [1.165, 1.54) is 6.08 Å². The Bertz CT molecular complexity index is 488. The minimum absolute atomic E-state index is 0.0142. The van der Waals surface area contributed by atoms with E-state index in [1.807, 2.05) is 0 Å². The third-order valence-corrected chi connectivity index (χ3v) is 3.31. The summed E-state index contributed by atoms with van der Waals surface area (Å²) in [6, 6.07) is 6.20. The topological polar surface area (TPSA) is 63.2 Å². The lowest BCUT2D eigenvalue weighted by Gasteiger charge is -2.05. The SMILES string of the molecule is C=CC(=O)c1ccc(NS(=O)(=O)CC)cc1. The Morgan fingerprint density at radius 3 is 2.38 bits per heavy atom. The molecular formula is C11H13NO3S. The minimum Gasteiger partial charge on any atom is -0.289 e. The third kappa shape index (κ3) is 3.20. The van der Waals surface area contributed by atoms with E-state index in [0.717, 1.165) is 0 Å². The van der Waals surface area contributed by atoms with Gasteiger partial charge < -0.3 is 0 Å². The number of benzene rings is 1. The second-order valence-electron chi connectivity index (χ2n) is 3.15. The normalized spacial score (nSPS) is 10.8. The van der Waals surface area contributed by atoms with E-state index in [4.69, 9.17) is 0 Å². The van der Waals surface area contributed by atoms with Gasteiger partial charge in [-0.15, -0.1) is 0 Å². The van der Waals surface area contributed by atoms with Crippen molar-refractivity contribution in [1.29, 1.82) is 0 Å². The quantitative estimate of drug-likeness (QED) is 0.629. The first-order chi connectivity index (χ1) is 7.48. The molecule has 0 fully saturated rings. The van der Waals surface area contributed by atoms with Crippen molar-refractivity contribution < 1.29 is 13.2 Å². The zero-order valence-electron chi connectivity index (χ0n) is 8.93. The van der Waals surface area contributed by atoms with Crippen molar-refractivity contribution in [3.63, 3.8) is 0 Å². The molecule has 5 heteroatoms. The average molecular weight is 239 g/mol. The molecule has 0 saturated carbocycles. The molecule has 0 saturated heterocycles. The summed E-state index contributed by atoms with van der Waals surface area (Å²) in [5, 5.41) is 0. The van der Waals surface area contributed by atoms with Crippen LogP contribution >= 0.6 is 0 Å². The van der Waals surface area contributed by atoms with Gasteiger partial charge in [0.1, 0.15) is 0 Å². The summed E-state index contributed by atoms with van der Waals surface area (Å²) in [5.41, 5.74) is 0.928. The highest BCUT2D eigenvalue weighted by molar-refractivity contribution is 7.92. The summed E-state index contributed by atoms with van der Waals surface area (Å²) in [6.07, 6.45) is 1.21. The Morgan fingerprint density at radius 2 is 1.94 bits per heavy atom. The van der Waals surface area contributed by atoms with Crippen molar-refractivity contribution in [2.24, 2.45) is 0 Å². The molecule has 0 amide bonds. The summed E-state index contributed by atoms with van der Waals surface area (Å²) < 4.78 is 24.9. The molecule has 0 aliphatic heterocycles. The standard InChI is InChI=1S/C11H13NO3S/c1-3-11(13)9-5-7-10(8-6-9)12-16(14,15)4-2/h3,5-8,12H,1,4H2,2H3. The predicted octanol–water partition coefficient (Wildman–Crippen LogP) is 1.82. The fourth-order valence-electron chi connectivity index (χ4n) is 1.07. The van der Waals surface area contributed by atoms with Crippen LogP contribution in [0, 0.1) is 0 Å². The number of ketones is 1. The molecule has 0 radical (unpaired) electrons. The molecule has 0 heterocycles. The van der Waals surface area contributed by atoms with Crippen LogP contribution in [0.25, 0.3) is 0 Å². The highest BCUT2D eigenvalue weighted by atomic mass is 32.2. The first-order valence-electron chi connectivity index (χ1n) is 4.76. The molecule has 0 atom stereocenters. The monoisotopic (exact) mass is 239 g/mol. The number of sulfonamides is 1. The van der Waals surface area contributed by atoms with Gasteiger partial charge in [0.2, 0.25) is 10.0 Å². The predicted molar refractivity (Wildman–Crippen MR) is 64.1 cm³/mol. The van der Waals surface area contributed by atoms with Gasteiger partial charge in [-0.1, -0.05) is 6.58 Å². The highest BCUT2D eigenvalue weighted by Gasteiger charge is 2.07. The van der Waals surface area contributed by atoms with Gasteiger partial charge in [0.15, 0.2) is 5.78 Å². The molecule has 1 aromatic rings. The van der Waals surface area contributed by atoms with Crippen LogP contribution in [0.5, 0.6) is 0 Å². The van der Waals surface area contributed by atoms with Crippen LogP contribution in [-0.4, -0.2) is 20.0 Å². The molecule has 0 aliphatic rings. The van der Waals surface area contributed by atoms with Crippen molar-refractivity contribution >= 4 is 21.5 Å². The van der Waals surface area contributed by atoms with Gasteiger partial charge in [0.05, 0.1) is 5.75 Å². The number of rotatable bonds is 5. The first kappa shape index (κ1) is 12.4. The van der Waals surface area contributed by atoms with E-state index in [-0.39, 0.29) is 11.5 Å². The van der Waals surface area contributed by atoms with Crippen molar-refractivity contribution in [1.82, 2.24) is 0 Å². The first-order valence-corrected chi connectivity index (χ1v) is 6.41. The van der Waals surface area contributed by atoms with Crippen LogP contribution in [0.4, 0.5) is 5.69 Å². The van der Waals surface area contributed by atoms with E-state index in [2.05, 4.69) is 11.3 Å². The summed E-state index contributed by atoms with van der Waals surface area (Å²) in [6.45, 7) is 4.92. The van der Waals surface area contributed by atoms with Crippen LogP contribution < -0.4 is 4.72 Å². The highest BCUT2D eigenvalue weighted by Crippen LogP contribution is 2.12. The Hall–Kier alpha value is -1.62. The van der Waals surface area contributed by atoms with Gasteiger partial charge in [-0.25, -0.2) is 8.42 Å². The number of carbonyl (C=O) groups is 1. The summed E-state index contributed by atoms with van der Waals surface area (Å²) in [4.78, 5) is 11.2. The minimum atomic E-state index is -3.27. The molecule has 16 heavy (non-hydrogen) atoms. The lowest BCUT2D eigenvalue weighted by atomic mass is 10.1. The van der Waals surface area contributed by atoms with Crippen LogP contribution in [0.3, 0.4) is 0 Å². The zero-order valence-corrected chi connectivity index (χ0v) is 9.75. The second-order valence-corrected chi connectivity index (χ2v) is 5.16. The molecule has 0 spiro atoms. The van der Waals surface area contributed by atoms with Crippen LogP contribution in [-0.2, 0) is 10.0 Å². The number of nitrogens with one attached hydrogen (secondary N) is 1. The maximum Gasteiger partial charge on any atom is 0.232 e. The molecule has 0 unspecified atom stereocenters. The van der Waals surface area contributed by atoms with Crippen molar-refractivity contribution in [3.05, 3.63) is 42.5 Å². The Morgan fingerprint density at radius 1 is 1.38 bits per heavy atom. The van der Waals surface area contributed by atoms with Crippen molar-refractivity contribution in [2.75, 3.05) is 10.5 Å². The number of anilines is 1. The van der Waals surface area contributed by atoms with E-state index < -0.39 is 10.0 Å². The summed E-state index contributed by atoms with van der Waals surface area (Å²) in [5.74, 6) is -0.176. The van der Waals surface area contributed by atoms with Gasteiger partial charge >= 0.3 is 0 Å². The lowest BCUT2D eigenvalue weighted by molar-refractivity contribution is 0.104. The van der Waals surface area contributed by atoms with Gasteiger partial charge in [-0.3, -0.25) is 9.52 Å². The Balaban J connectivity index is 2.88. The fraction of sp³-hybridized carbons (Fsp3) is 0.182. The Kier molecular flexibility index (Phi) is 3.84. The van der Waals surface area contributed by atoms with Crippen LogP contribution in [0.1, 0.15) is 17.3 Å². The van der Waals surface area contributed by atoms with Crippen LogP contribution in [0.2, 0.25) is 0 Å². The molecule has 0 aliphatic carbocycles. The Labute approximate surface area is 95.0 Å². The molecule has 1 N–H and O–H groups in total. The van der Waals surface area contributed by atoms with E-state index in [0.29, 0.717) is 11.3 Å². The van der Waals surface area contributed by atoms with Gasteiger partial charge in [-0.2, -0.15) is 0 Å². The molecule has 4 nitrogen and oxygen atoms in total. The van der Waals surface area contributed by atoms with E-state index in [9.17, 15) is 13.2 Å². The third-order valence-electron chi connectivity index (χ3n) is 2.01. The number of hydrogen-bond acceptors (Lipinski definition) is 3. The van der Waals surface area contributed by atoms with Crippen LogP contribution in [0.15, 0.2) is 36.9 Å². The number of carbonyl (C=O) groups excluding carboxylic acids is 1. The number of allylic oxidation sites excluding steroid dienone is 1. The molecule has 0 aromatic heterocycles. The smallest absolute Gasteiger partial charge is 0.232 e. The molecule has 0 bridgehead atoms. The van der Waals surface area contributed by atoms with E-state index >= 15 is 0 Å². The summed E-state index contributed by atoms with van der Waals surface area (Å²) >= 11 is 0. The van der Waals surface area contributed by atoms with Gasteiger partial charge in [-0.05, 0) is 37.3 Å². The maximum atomic E-state index is 11.2. The number of hydrogen-bond donors (Lipinski definition) is 1. The van der Waals surface area contributed by atoms with Gasteiger partial charge in [0, 0.05) is 11.3 Å². The van der Waals surface area contributed by atoms with Crippen molar-refractivity contribution in [2.45, 2.75) is 6.92 Å². The summed E-state index contributed by atoms with van der Waals surface area (Å²) in [7, 11) is -3.27. The molecule has 1 aromatic carbocycles. The van der Waals surface area contributed by atoms with Gasteiger partial charge in [0.25, 0.3) is 0 Å². The lowest BCUT2D eigenvalue weighted by Crippen LogP contribution is -2.14. The largest absolute Gasteiger partial charge is 0.289 e. The molecule has 1 rings (SSSR count).